The summed E-state index contributed by atoms with van der Waals surface area (Å²) in [5, 5.41) is 5.06. The number of hydrogen-bond donors (Lipinski definition) is 0. The molecule has 1 radical (unpaired) electrons. The van der Waals surface area contributed by atoms with Crippen molar-refractivity contribution in [1.82, 2.24) is 5.32 Å². The molecule has 0 aliphatic carbocycles. The van der Waals surface area contributed by atoms with Gasteiger partial charge in [0.25, 0.3) is 0 Å². The Bertz CT molecular complexity index is 128. The van der Waals surface area contributed by atoms with E-state index in [0.717, 1.165) is 0 Å². The topological polar surface area (TPSA) is 14.1 Å². The molecule has 0 aromatic carbocycles. The molecule has 1 nitrogen and oxygen atoms in total. The first-order valence-electron chi connectivity index (χ1n) is 7.98. The van der Waals surface area contributed by atoms with Crippen molar-refractivity contribution in [3.63, 3.8) is 0 Å². The molecule has 0 aromatic heterocycles. The average molecular weight is 240 g/mol. The summed E-state index contributed by atoms with van der Waals surface area (Å²) in [5.74, 6) is 0. The summed E-state index contributed by atoms with van der Waals surface area (Å²) in [6.45, 7) is 9.13. The van der Waals surface area contributed by atoms with Gasteiger partial charge in [0.1, 0.15) is 0 Å². The highest BCUT2D eigenvalue weighted by atomic mass is 14.9. The Hall–Kier alpha value is -0.0400. The lowest BCUT2D eigenvalue weighted by Crippen LogP contribution is -2.31. The largest absolute Gasteiger partial charge is 0.235 e. The fourth-order valence-corrected chi connectivity index (χ4v) is 2.33. The molecule has 0 aliphatic rings. The first-order chi connectivity index (χ1) is 8.28. The highest BCUT2D eigenvalue weighted by Gasteiger charge is 2.13. The lowest BCUT2D eigenvalue weighted by Gasteiger charge is -2.22. The predicted octanol–water partition coefficient (Wildman–Crippen LogP) is 5.31. The minimum absolute atomic E-state index is 0.633. The van der Waals surface area contributed by atoms with E-state index in [-0.39, 0.29) is 0 Å². The Morgan fingerprint density at radius 3 is 1.35 bits per heavy atom. The van der Waals surface area contributed by atoms with E-state index in [1.807, 2.05) is 0 Å². The molecule has 0 saturated heterocycles. The number of nitrogens with zero attached hydrogens (tertiary/aromatic N) is 1. The van der Waals surface area contributed by atoms with Gasteiger partial charge in [-0.05, 0) is 25.7 Å². The van der Waals surface area contributed by atoms with Gasteiger partial charge in [-0.1, -0.05) is 66.2 Å². The van der Waals surface area contributed by atoms with Crippen LogP contribution in [0.2, 0.25) is 0 Å². The van der Waals surface area contributed by atoms with E-state index in [1.54, 1.807) is 0 Å². The van der Waals surface area contributed by atoms with Crippen molar-refractivity contribution >= 4 is 0 Å². The first kappa shape index (κ1) is 17.0. The summed E-state index contributed by atoms with van der Waals surface area (Å²) in [6.07, 6.45) is 13.2. The second kappa shape index (κ2) is 12.4. The maximum absolute atomic E-state index is 5.06. The molecule has 0 fully saturated rings. The molecule has 0 spiro atoms. The van der Waals surface area contributed by atoms with E-state index < -0.39 is 0 Å². The zero-order valence-corrected chi connectivity index (χ0v) is 12.7. The van der Waals surface area contributed by atoms with Crippen LogP contribution in [0.3, 0.4) is 0 Å². The van der Waals surface area contributed by atoms with E-state index in [0.29, 0.717) is 12.1 Å². The third-order valence-electron chi connectivity index (χ3n) is 3.65. The van der Waals surface area contributed by atoms with Crippen molar-refractivity contribution in [2.75, 3.05) is 0 Å². The van der Waals surface area contributed by atoms with Gasteiger partial charge < -0.3 is 0 Å². The molecule has 0 N–H and O–H groups in total. The molecule has 2 atom stereocenters. The van der Waals surface area contributed by atoms with Crippen LogP contribution in [-0.4, -0.2) is 12.1 Å². The zero-order chi connectivity index (χ0) is 12.9. The van der Waals surface area contributed by atoms with Gasteiger partial charge in [0, 0.05) is 12.1 Å². The van der Waals surface area contributed by atoms with Crippen molar-refractivity contribution in [1.29, 1.82) is 0 Å². The summed E-state index contributed by atoms with van der Waals surface area (Å²) >= 11 is 0. The van der Waals surface area contributed by atoms with Gasteiger partial charge in [-0.3, -0.25) is 0 Å². The second-order valence-corrected chi connectivity index (χ2v) is 5.26. The Kier molecular flexibility index (Phi) is 12.4. The molecular formula is C16H34N. The smallest absolute Gasteiger partial charge is 0.0246 e. The van der Waals surface area contributed by atoms with Gasteiger partial charge in [-0.25, -0.2) is 5.32 Å². The lowest BCUT2D eigenvalue weighted by molar-refractivity contribution is 0.350. The molecule has 1 heteroatoms. The molecule has 0 rings (SSSR count). The molecule has 0 aromatic rings. The lowest BCUT2D eigenvalue weighted by atomic mass is 10.0. The zero-order valence-electron chi connectivity index (χ0n) is 12.7. The Morgan fingerprint density at radius 2 is 1.06 bits per heavy atom. The van der Waals surface area contributed by atoms with E-state index in [1.165, 1.54) is 64.2 Å². The molecule has 0 saturated carbocycles. The standard InChI is InChI=1S/C16H34N/c1-5-9-11-13-15(7-3)17-16(8-4)14-12-10-6-2/h15-16H,5-14H2,1-4H3. The van der Waals surface area contributed by atoms with E-state index >= 15 is 0 Å². The normalized spacial score (nSPS) is 14.8. The van der Waals surface area contributed by atoms with Crippen LogP contribution >= 0.6 is 0 Å². The fourth-order valence-electron chi connectivity index (χ4n) is 2.33. The molecule has 0 heterocycles. The van der Waals surface area contributed by atoms with Crippen LogP contribution in [0, 0.1) is 0 Å². The van der Waals surface area contributed by atoms with Gasteiger partial charge in [0.15, 0.2) is 0 Å². The van der Waals surface area contributed by atoms with Crippen molar-refractivity contribution < 1.29 is 0 Å². The van der Waals surface area contributed by atoms with Crippen LogP contribution in [0.15, 0.2) is 0 Å². The van der Waals surface area contributed by atoms with Crippen LogP contribution in [-0.2, 0) is 0 Å². The summed E-state index contributed by atoms with van der Waals surface area (Å²) in [4.78, 5) is 0. The summed E-state index contributed by atoms with van der Waals surface area (Å²) in [6, 6.07) is 1.27. The SMILES string of the molecule is CCCCCC(CC)[N]C(CC)CCCCC. The van der Waals surface area contributed by atoms with Crippen LogP contribution in [0.1, 0.15) is 91.9 Å². The Balaban J connectivity index is 3.77. The molecule has 0 amide bonds. The van der Waals surface area contributed by atoms with Gasteiger partial charge in [0.2, 0.25) is 0 Å². The average Bonchev–Trinajstić information content (AvgIpc) is 2.36. The third kappa shape index (κ3) is 9.64. The molecule has 0 bridgehead atoms. The highest BCUT2D eigenvalue weighted by molar-refractivity contribution is 4.72. The quantitative estimate of drug-likeness (QED) is 0.411. The minimum Gasteiger partial charge on any atom is -0.235 e. The van der Waals surface area contributed by atoms with Gasteiger partial charge >= 0.3 is 0 Å². The van der Waals surface area contributed by atoms with Crippen LogP contribution < -0.4 is 5.32 Å². The third-order valence-corrected chi connectivity index (χ3v) is 3.65. The first-order valence-corrected chi connectivity index (χ1v) is 7.98. The summed E-state index contributed by atoms with van der Waals surface area (Å²) < 4.78 is 0. The van der Waals surface area contributed by atoms with E-state index in [9.17, 15) is 0 Å². The molecule has 0 aliphatic heterocycles. The molecule has 17 heavy (non-hydrogen) atoms. The Labute approximate surface area is 110 Å². The Morgan fingerprint density at radius 1 is 0.647 bits per heavy atom. The highest BCUT2D eigenvalue weighted by Crippen LogP contribution is 2.13. The predicted molar refractivity (Wildman–Crippen MR) is 78.6 cm³/mol. The van der Waals surface area contributed by atoms with Crippen LogP contribution in [0.5, 0.6) is 0 Å². The molecular weight excluding hydrogens is 206 g/mol. The van der Waals surface area contributed by atoms with Crippen LogP contribution in [0.25, 0.3) is 0 Å². The van der Waals surface area contributed by atoms with Crippen molar-refractivity contribution in [3.05, 3.63) is 0 Å². The number of unbranched alkanes of at least 4 members (excludes halogenated alkanes) is 4. The fraction of sp³-hybridized carbons (Fsp3) is 1.00. The maximum atomic E-state index is 5.06. The molecule has 103 valence electrons. The second-order valence-electron chi connectivity index (χ2n) is 5.26. The maximum Gasteiger partial charge on any atom is 0.0246 e. The van der Waals surface area contributed by atoms with Crippen molar-refractivity contribution in [3.8, 4) is 0 Å². The van der Waals surface area contributed by atoms with Gasteiger partial charge in [-0.15, -0.1) is 0 Å². The monoisotopic (exact) mass is 240 g/mol. The summed E-state index contributed by atoms with van der Waals surface area (Å²) in [5.41, 5.74) is 0. The van der Waals surface area contributed by atoms with Crippen molar-refractivity contribution in [2.45, 2.75) is 104 Å². The minimum atomic E-state index is 0.633. The number of hydrogen-bond acceptors (Lipinski definition) is 0. The molecule has 2 unspecified atom stereocenters. The van der Waals surface area contributed by atoms with E-state index in [4.69, 9.17) is 5.32 Å². The van der Waals surface area contributed by atoms with Crippen LogP contribution in [0.4, 0.5) is 0 Å². The van der Waals surface area contributed by atoms with Gasteiger partial charge in [-0.2, -0.15) is 0 Å². The van der Waals surface area contributed by atoms with Gasteiger partial charge in [0.05, 0.1) is 0 Å². The van der Waals surface area contributed by atoms with Crippen molar-refractivity contribution in [2.24, 2.45) is 0 Å². The van der Waals surface area contributed by atoms with E-state index in [2.05, 4.69) is 27.7 Å². The summed E-state index contributed by atoms with van der Waals surface area (Å²) in [7, 11) is 0. The number of rotatable bonds is 12.